The molecule has 2 aliphatic heterocycles. The first-order valence-corrected chi connectivity index (χ1v) is 11.4. The van der Waals surface area contributed by atoms with Crippen LogP contribution in [0.15, 0.2) is 17.1 Å². The molecule has 0 unspecified atom stereocenters. The average molecular weight is 446 g/mol. The zero-order valence-corrected chi connectivity index (χ0v) is 18.8. The lowest BCUT2D eigenvalue weighted by Crippen LogP contribution is -2.49. The number of H-pyrrole nitrogens is 1. The number of hydrogen-bond donors (Lipinski definition) is 3. The summed E-state index contributed by atoms with van der Waals surface area (Å²) >= 11 is 0. The van der Waals surface area contributed by atoms with Gasteiger partial charge in [0.05, 0.1) is 10.9 Å². The van der Waals surface area contributed by atoms with Gasteiger partial charge in [0.2, 0.25) is 5.43 Å². The van der Waals surface area contributed by atoms with Gasteiger partial charge in [-0.1, -0.05) is 0 Å². The number of aromatic nitrogens is 1. The topological polar surface area (TPSA) is 91.9 Å². The largest absolute Gasteiger partial charge is 0.504 e. The lowest BCUT2D eigenvalue weighted by Gasteiger charge is -2.38. The fraction of sp³-hybridized carbons (Fsp3) is 0.565. The second-order valence-electron chi connectivity index (χ2n) is 8.93. The van der Waals surface area contributed by atoms with Crippen LogP contribution < -0.4 is 15.6 Å². The second kappa shape index (κ2) is 9.46. The van der Waals surface area contributed by atoms with Crippen molar-refractivity contribution in [3.8, 4) is 5.75 Å². The first kappa shape index (κ1) is 22.5. The molecule has 2 saturated heterocycles. The van der Waals surface area contributed by atoms with Gasteiger partial charge in [-0.15, -0.1) is 0 Å². The number of nitrogens with one attached hydrogen (secondary N) is 2. The summed E-state index contributed by atoms with van der Waals surface area (Å²) in [6.45, 7) is 10.2. The highest BCUT2D eigenvalue weighted by atomic mass is 19.1. The van der Waals surface area contributed by atoms with Crippen molar-refractivity contribution in [3.63, 3.8) is 0 Å². The highest BCUT2D eigenvalue weighted by molar-refractivity contribution is 5.99. The van der Waals surface area contributed by atoms with Gasteiger partial charge in [0, 0.05) is 51.5 Å². The summed E-state index contributed by atoms with van der Waals surface area (Å²) < 4.78 is 15.0. The summed E-state index contributed by atoms with van der Waals surface area (Å²) in [5, 5.41) is 13.5. The normalized spacial score (nSPS) is 18.1. The van der Waals surface area contributed by atoms with Crippen LogP contribution in [0.1, 0.15) is 37.0 Å². The maximum atomic E-state index is 15.0. The first-order valence-electron chi connectivity index (χ1n) is 11.4. The fourth-order valence-corrected chi connectivity index (χ4v) is 4.67. The van der Waals surface area contributed by atoms with Gasteiger partial charge in [-0.25, -0.2) is 4.39 Å². The Hall–Kier alpha value is -2.65. The molecule has 2 fully saturated rings. The van der Waals surface area contributed by atoms with Crippen LogP contribution in [0.2, 0.25) is 0 Å². The van der Waals surface area contributed by atoms with Gasteiger partial charge in [0.1, 0.15) is 11.3 Å². The van der Waals surface area contributed by atoms with E-state index in [0.717, 1.165) is 38.8 Å². The molecule has 0 spiro atoms. The van der Waals surface area contributed by atoms with Gasteiger partial charge in [0.15, 0.2) is 11.6 Å². The molecular formula is C23H32FN5O3. The molecule has 1 amide bonds. The number of phenols is 1. The zero-order valence-electron chi connectivity index (χ0n) is 18.8. The Morgan fingerprint density at radius 3 is 2.53 bits per heavy atom. The molecule has 1 aromatic heterocycles. The summed E-state index contributed by atoms with van der Waals surface area (Å²) in [5.74, 6) is -1.46. The molecule has 0 radical (unpaired) electrons. The number of hydrogen-bond acceptors (Lipinski definition) is 6. The Morgan fingerprint density at radius 1 is 1.19 bits per heavy atom. The standard InChI is InChI=1S/C23H32FN5O3/c1-15(2)28-9-11-29(12-10-28)20-18(24)13-16-19(22(20)31)26-14-17(21(16)30)23(32)25-5-8-27-6-3-4-7-27/h13-15,31H,3-12H2,1-2H3,(H,25,32)(H,26,30). The fourth-order valence-electron chi connectivity index (χ4n) is 4.67. The smallest absolute Gasteiger partial charge is 0.256 e. The molecule has 0 aliphatic carbocycles. The van der Waals surface area contributed by atoms with Crippen molar-refractivity contribution in [3.05, 3.63) is 33.9 Å². The van der Waals surface area contributed by atoms with Crippen molar-refractivity contribution in [2.45, 2.75) is 32.7 Å². The number of carbonyl (C=O) groups excluding carboxylic acids is 1. The van der Waals surface area contributed by atoms with E-state index in [9.17, 15) is 14.7 Å². The van der Waals surface area contributed by atoms with Crippen LogP contribution in [-0.2, 0) is 0 Å². The van der Waals surface area contributed by atoms with Crippen LogP contribution in [0.3, 0.4) is 0 Å². The Labute approximate surface area is 187 Å². The monoisotopic (exact) mass is 445 g/mol. The van der Waals surface area contributed by atoms with E-state index < -0.39 is 17.2 Å². The van der Waals surface area contributed by atoms with Crippen LogP contribution >= 0.6 is 0 Å². The molecule has 32 heavy (non-hydrogen) atoms. The van der Waals surface area contributed by atoms with Gasteiger partial charge in [-0.05, 0) is 45.8 Å². The van der Waals surface area contributed by atoms with Gasteiger partial charge in [0.25, 0.3) is 5.91 Å². The number of fused-ring (bicyclic) bond motifs is 1. The molecular weight excluding hydrogens is 413 g/mol. The number of piperazine rings is 1. The third-order valence-corrected chi connectivity index (χ3v) is 6.60. The highest BCUT2D eigenvalue weighted by Gasteiger charge is 2.26. The highest BCUT2D eigenvalue weighted by Crippen LogP contribution is 2.36. The maximum Gasteiger partial charge on any atom is 0.256 e. The van der Waals surface area contributed by atoms with Crippen LogP contribution in [0.25, 0.3) is 10.9 Å². The van der Waals surface area contributed by atoms with E-state index in [0.29, 0.717) is 25.7 Å². The van der Waals surface area contributed by atoms with Crippen LogP contribution in [0.5, 0.6) is 5.75 Å². The quantitative estimate of drug-likeness (QED) is 0.627. The number of nitrogens with zero attached hydrogens (tertiary/aromatic N) is 3. The Bertz CT molecular complexity index is 1040. The second-order valence-corrected chi connectivity index (χ2v) is 8.93. The van der Waals surface area contributed by atoms with Crippen molar-refractivity contribution in [2.75, 3.05) is 57.3 Å². The number of benzene rings is 1. The van der Waals surface area contributed by atoms with Crippen LogP contribution in [0, 0.1) is 5.82 Å². The van der Waals surface area contributed by atoms with Crippen molar-refractivity contribution in [1.82, 2.24) is 20.1 Å². The SMILES string of the molecule is CC(C)N1CCN(c2c(F)cc3c(=O)c(C(=O)NCCN4CCCC4)c[nH]c3c2O)CC1. The number of likely N-dealkylation sites (tertiary alicyclic amines) is 1. The molecule has 2 aromatic rings. The predicted octanol–water partition coefficient (Wildman–Crippen LogP) is 1.73. The number of aromatic amines is 1. The van der Waals surface area contributed by atoms with E-state index in [1.807, 2.05) is 0 Å². The first-order chi connectivity index (χ1) is 15.4. The number of aromatic hydroxyl groups is 1. The summed E-state index contributed by atoms with van der Waals surface area (Å²) in [5.41, 5.74) is -0.440. The molecule has 9 heteroatoms. The molecule has 3 N–H and O–H groups in total. The number of pyridine rings is 1. The minimum Gasteiger partial charge on any atom is -0.504 e. The predicted molar refractivity (Wildman–Crippen MR) is 123 cm³/mol. The molecule has 3 heterocycles. The Balaban J connectivity index is 1.54. The third kappa shape index (κ3) is 4.45. The van der Waals surface area contributed by atoms with E-state index >= 15 is 4.39 Å². The van der Waals surface area contributed by atoms with E-state index in [1.165, 1.54) is 19.0 Å². The lowest BCUT2D eigenvalue weighted by atomic mass is 10.1. The molecule has 174 valence electrons. The van der Waals surface area contributed by atoms with E-state index in [4.69, 9.17) is 0 Å². The van der Waals surface area contributed by atoms with Crippen LogP contribution in [-0.4, -0.2) is 84.2 Å². The number of anilines is 1. The zero-order chi connectivity index (χ0) is 22.8. The van der Waals surface area contributed by atoms with E-state index in [2.05, 4.69) is 33.9 Å². The summed E-state index contributed by atoms with van der Waals surface area (Å²) in [4.78, 5) is 34.7. The van der Waals surface area contributed by atoms with E-state index in [-0.39, 0.29) is 27.9 Å². The molecule has 4 rings (SSSR count). The van der Waals surface area contributed by atoms with Crippen LogP contribution in [0.4, 0.5) is 10.1 Å². The Kier molecular flexibility index (Phi) is 6.66. The summed E-state index contributed by atoms with van der Waals surface area (Å²) in [7, 11) is 0. The van der Waals surface area contributed by atoms with Crippen molar-refractivity contribution in [1.29, 1.82) is 0 Å². The van der Waals surface area contributed by atoms with Gasteiger partial charge < -0.3 is 25.2 Å². The number of rotatable bonds is 6. The van der Waals surface area contributed by atoms with Gasteiger partial charge in [-0.2, -0.15) is 0 Å². The molecule has 2 aliphatic rings. The molecule has 0 bridgehead atoms. The number of carbonyl (C=O) groups is 1. The average Bonchev–Trinajstić information content (AvgIpc) is 3.28. The number of phenolic OH excluding ortho intramolecular Hbond substituents is 1. The van der Waals surface area contributed by atoms with Crippen molar-refractivity contribution < 1.29 is 14.3 Å². The molecule has 8 nitrogen and oxygen atoms in total. The van der Waals surface area contributed by atoms with Gasteiger partial charge >= 0.3 is 0 Å². The van der Waals surface area contributed by atoms with E-state index in [1.54, 1.807) is 4.90 Å². The maximum absolute atomic E-state index is 15.0. The minimum atomic E-state index is -0.662. The number of amides is 1. The molecule has 0 atom stereocenters. The number of halogens is 1. The lowest BCUT2D eigenvalue weighted by molar-refractivity contribution is 0.0948. The molecule has 1 aromatic carbocycles. The van der Waals surface area contributed by atoms with Crippen molar-refractivity contribution >= 4 is 22.5 Å². The summed E-state index contributed by atoms with van der Waals surface area (Å²) in [6, 6.07) is 1.53. The Morgan fingerprint density at radius 2 is 1.88 bits per heavy atom. The van der Waals surface area contributed by atoms with Gasteiger partial charge in [-0.3, -0.25) is 14.5 Å². The minimum absolute atomic E-state index is 0.0308. The third-order valence-electron chi connectivity index (χ3n) is 6.60. The molecule has 0 saturated carbocycles. The summed E-state index contributed by atoms with van der Waals surface area (Å²) in [6.07, 6.45) is 3.64. The van der Waals surface area contributed by atoms with Crippen molar-refractivity contribution in [2.24, 2.45) is 0 Å².